The molecular formula is C16H28N2O3. The third kappa shape index (κ3) is 3.50. The number of hydrogen-bond donors (Lipinski definition) is 2. The van der Waals surface area contributed by atoms with E-state index in [0.717, 1.165) is 38.5 Å². The minimum Gasteiger partial charge on any atom is -0.480 e. The number of carbonyl (C=O) groups excluding carboxylic acids is 1. The molecule has 0 aromatic rings. The molecule has 0 aromatic carbocycles. The number of nitrogens with zero attached hydrogens (tertiary/aromatic N) is 1. The first-order valence-electron chi connectivity index (χ1n) is 8.04. The topological polar surface area (TPSA) is 69.6 Å². The van der Waals surface area contributed by atoms with E-state index in [4.69, 9.17) is 0 Å². The van der Waals surface area contributed by atoms with Crippen molar-refractivity contribution in [2.24, 2.45) is 5.41 Å². The van der Waals surface area contributed by atoms with Crippen LogP contribution < -0.4 is 5.32 Å². The number of amides is 2. The molecule has 21 heavy (non-hydrogen) atoms. The van der Waals surface area contributed by atoms with Crippen LogP contribution in [0.2, 0.25) is 0 Å². The van der Waals surface area contributed by atoms with Crippen molar-refractivity contribution in [3.8, 4) is 0 Å². The Hall–Kier alpha value is -1.26. The lowest BCUT2D eigenvalue weighted by molar-refractivity contribution is -0.144. The van der Waals surface area contributed by atoms with Crippen LogP contribution in [0.25, 0.3) is 0 Å². The van der Waals surface area contributed by atoms with E-state index in [0.29, 0.717) is 18.3 Å². The van der Waals surface area contributed by atoms with E-state index in [1.807, 2.05) is 0 Å². The van der Waals surface area contributed by atoms with Crippen LogP contribution >= 0.6 is 0 Å². The molecule has 0 atom stereocenters. The fourth-order valence-electron chi connectivity index (χ4n) is 3.60. The molecule has 2 aliphatic carbocycles. The maximum atomic E-state index is 12.4. The van der Waals surface area contributed by atoms with Crippen LogP contribution in [0.4, 0.5) is 4.79 Å². The fraction of sp³-hybridized carbons (Fsp3) is 0.875. The highest BCUT2D eigenvalue weighted by atomic mass is 16.4. The van der Waals surface area contributed by atoms with Crippen molar-refractivity contribution in [3.63, 3.8) is 0 Å². The average Bonchev–Trinajstić information content (AvgIpc) is 2.88. The third-order valence-corrected chi connectivity index (χ3v) is 5.39. The number of carboxylic acid groups (broad SMARTS) is 1. The summed E-state index contributed by atoms with van der Waals surface area (Å²) >= 11 is 0. The zero-order valence-corrected chi connectivity index (χ0v) is 13.4. The maximum Gasteiger partial charge on any atom is 0.329 e. The molecule has 5 nitrogen and oxygen atoms in total. The lowest BCUT2D eigenvalue weighted by atomic mass is 9.75. The molecule has 0 spiro atoms. The summed E-state index contributed by atoms with van der Waals surface area (Å²) in [4.78, 5) is 25.7. The highest BCUT2D eigenvalue weighted by Gasteiger charge is 2.43. The molecule has 2 amide bonds. The zero-order valence-electron chi connectivity index (χ0n) is 13.4. The molecule has 0 bridgehead atoms. The number of rotatable bonds is 3. The van der Waals surface area contributed by atoms with Gasteiger partial charge in [-0.25, -0.2) is 9.59 Å². The summed E-state index contributed by atoms with van der Waals surface area (Å²) in [6.45, 7) is 4.53. The highest BCUT2D eigenvalue weighted by Crippen LogP contribution is 2.37. The summed E-state index contributed by atoms with van der Waals surface area (Å²) in [6.07, 6.45) is 7.04. The first-order valence-corrected chi connectivity index (χ1v) is 8.04. The summed E-state index contributed by atoms with van der Waals surface area (Å²) in [6, 6.07) is -0.00530. The fourth-order valence-corrected chi connectivity index (χ4v) is 3.60. The standard InChI is InChI=1S/C16H28N2O3/c1-15(2)10-6-12(7-11-15)18(3)14(21)17-16(13(19)20)8-4-5-9-16/h12H,4-11H2,1-3H3,(H,17,21)(H,19,20). The van der Waals surface area contributed by atoms with Gasteiger partial charge in [-0.05, 0) is 43.9 Å². The van der Waals surface area contributed by atoms with Crippen molar-refractivity contribution >= 4 is 12.0 Å². The molecule has 0 aliphatic heterocycles. The Morgan fingerprint density at radius 3 is 2.10 bits per heavy atom. The summed E-state index contributed by atoms with van der Waals surface area (Å²) < 4.78 is 0. The van der Waals surface area contributed by atoms with Crippen molar-refractivity contribution in [1.82, 2.24) is 10.2 Å². The molecule has 2 saturated carbocycles. The molecule has 2 N–H and O–H groups in total. The highest BCUT2D eigenvalue weighted by molar-refractivity contribution is 5.86. The van der Waals surface area contributed by atoms with Gasteiger partial charge in [-0.2, -0.15) is 0 Å². The van der Waals surface area contributed by atoms with Crippen molar-refractivity contribution in [3.05, 3.63) is 0 Å². The Balaban J connectivity index is 1.95. The lowest BCUT2D eigenvalue weighted by Gasteiger charge is -2.39. The first-order chi connectivity index (χ1) is 9.76. The SMILES string of the molecule is CN(C(=O)NC1(C(=O)O)CCCC1)C1CCC(C)(C)CC1. The summed E-state index contributed by atoms with van der Waals surface area (Å²) in [7, 11) is 1.79. The van der Waals surface area contributed by atoms with Gasteiger partial charge in [-0.15, -0.1) is 0 Å². The quantitative estimate of drug-likeness (QED) is 0.841. The van der Waals surface area contributed by atoms with Gasteiger partial charge in [0.15, 0.2) is 0 Å². The second-order valence-electron chi connectivity index (χ2n) is 7.53. The van der Waals surface area contributed by atoms with Gasteiger partial charge in [0.25, 0.3) is 0 Å². The molecule has 2 fully saturated rings. The van der Waals surface area contributed by atoms with E-state index >= 15 is 0 Å². The Bertz CT molecular complexity index is 404. The van der Waals surface area contributed by atoms with E-state index in [1.165, 1.54) is 0 Å². The van der Waals surface area contributed by atoms with Crippen LogP contribution in [0.15, 0.2) is 0 Å². The molecule has 0 heterocycles. The molecule has 0 aromatic heterocycles. The van der Waals surface area contributed by atoms with Crippen LogP contribution in [0.5, 0.6) is 0 Å². The zero-order chi connectivity index (χ0) is 15.7. The van der Waals surface area contributed by atoms with Gasteiger partial charge < -0.3 is 15.3 Å². The molecule has 120 valence electrons. The largest absolute Gasteiger partial charge is 0.480 e. The molecular weight excluding hydrogens is 268 g/mol. The Kier molecular flexibility index (Phi) is 4.49. The second kappa shape index (κ2) is 5.85. The summed E-state index contributed by atoms with van der Waals surface area (Å²) in [5.74, 6) is -0.897. The van der Waals surface area contributed by atoms with Gasteiger partial charge in [-0.3, -0.25) is 0 Å². The molecule has 0 unspecified atom stereocenters. The van der Waals surface area contributed by atoms with Gasteiger partial charge in [0.2, 0.25) is 0 Å². The Labute approximate surface area is 127 Å². The van der Waals surface area contributed by atoms with Crippen LogP contribution in [-0.2, 0) is 4.79 Å². The van der Waals surface area contributed by atoms with Crippen LogP contribution in [0.3, 0.4) is 0 Å². The normalized spacial score (nSPS) is 24.5. The van der Waals surface area contributed by atoms with Gasteiger partial charge in [0, 0.05) is 13.1 Å². The van der Waals surface area contributed by atoms with Gasteiger partial charge >= 0.3 is 12.0 Å². The van der Waals surface area contributed by atoms with E-state index < -0.39 is 11.5 Å². The average molecular weight is 296 g/mol. The van der Waals surface area contributed by atoms with Crippen molar-refractivity contribution in [2.75, 3.05) is 7.05 Å². The summed E-state index contributed by atoms with van der Waals surface area (Å²) in [5.41, 5.74) is -0.680. The second-order valence-corrected chi connectivity index (χ2v) is 7.53. The summed E-state index contributed by atoms with van der Waals surface area (Å²) in [5, 5.41) is 12.2. The molecule has 2 aliphatic rings. The monoisotopic (exact) mass is 296 g/mol. The van der Waals surface area contributed by atoms with Crippen molar-refractivity contribution in [2.45, 2.75) is 76.8 Å². The minimum absolute atomic E-state index is 0.227. The van der Waals surface area contributed by atoms with Crippen molar-refractivity contribution in [1.29, 1.82) is 0 Å². The molecule has 5 heteroatoms. The number of hydrogen-bond acceptors (Lipinski definition) is 2. The van der Waals surface area contributed by atoms with Crippen LogP contribution in [0.1, 0.15) is 65.2 Å². The maximum absolute atomic E-state index is 12.4. The van der Waals surface area contributed by atoms with E-state index in [1.54, 1.807) is 11.9 Å². The Morgan fingerprint density at radius 1 is 1.10 bits per heavy atom. The van der Waals surface area contributed by atoms with E-state index in [-0.39, 0.29) is 12.1 Å². The molecule has 0 radical (unpaired) electrons. The smallest absolute Gasteiger partial charge is 0.329 e. The van der Waals surface area contributed by atoms with Crippen molar-refractivity contribution < 1.29 is 14.7 Å². The van der Waals surface area contributed by atoms with E-state index in [9.17, 15) is 14.7 Å². The number of aliphatic carboxylic acids is 1. The number of carboxylic acids is 1. The van der Waals surface area contributed by atoms with Crippen LogP contribution in [-0.4, -0.2) is 40.6 Å². The predicted octanol–water partition coefficient (Wildman–Crippen LogP) is 2.99. The minimum atomic E-state index is -1.04. The molecule has 2 rings (SSSR count). The van der Waals surface area contributed by atoms with E-state index in [2.05, 4.69) is 19.2 Å². The lowest BCUT2D eigenvalue weighted by Crippen LogP contribution is -2.57. The Morgan fingerprint density at radius 2 is 1.62 bits per heavy atom. The number of carbonyl (C=O) groups is 2. The van der Waals surface area contributed by atoms with Gasteiger partial charge in [0.1, 0.15) is 5.54 Å². The third-order valence-electron chi connectivity index (χ3n) is 5.39. The predicted molar refractivity (Wildman–Crippen MR) is 81.2 cm³/mol. The number of urea groups is 1. The number of nitrogens with one attached hydrogen (secondary N) is 1. The van der Waals surface area contributed by atoms with Gasteiger partial charge in [0.05, 0.1) is 0 Å². The van der Waals surface area contributed by atoms with Gasteiger partial charge in [-0.1, -0.05) is 26.7 Å². The molecule has 0 saturated heterocycles. The first kappa shape index (κ1) is 16.1. The van der Waals surface area contributed by atoms with Crippen LogP contribution in [0, 0.1) is 5.41 Å².